The largest absolute Gasteiger partial charge is 0.480 e. The quantitative estimate of drug-likeness (QED) is 0.352. The predicted molar refractivity (Wildman–Crippen MR) is 53.1 cm³/mol. The molecule has 0 fully saturated rings. The highest BCUT2D eigenvalue weighted by atomic mass is 32.1. The smallest absolute Gasteiger partial charge is 0.328 e. The van der Waals surface area contributed by atoms with Gasteiger partial charge in [0.05, 0.1) is 12.1 Å². The number of amides is 1. The van der Waals surface area contributed by atoms with Gasteiger partial charge < -0.3 is 21.3 Å². The molecule has 0 aliphatic heterocycles. The summed E-state index contributed by atoms with van der Waals surface area (Å²) in [5, 5.41) is 19.7. The van der Waals surface area contributed by atoms with Crippen LogP contribution in [0.25, 0.3) is 0 Å². The van der Waals surface area contributed by atoms with Gasteiger partial charge in [0.25, 0.3) is 0 Å². The molecule has 7 heteroatoms. The lowest BCUT2D eigenvalue weighted by atomic mass is 10.1. The molecule has 6 nitrogen and oxygen atoms in total. The summed E-state index contributed by atoms with van der Waals surface area (Å²) >= 11 is 3.79. The minimum Gasteiger partial charge on any atom is -0.480 e. The first kappa shape index (κ1) is 13.2. The average Bonchev–Trinajstić information content (AvgIpc) is 2.11. The summed E-state index contributed by atoms with van der Waals surface area (Å²) in [6.45, 7) is 1.27. The Hall–Kier alpha value is -0.790. The van der Waals surface area contributed by atoms with Gasteiger partial charge in [-0.3, -0.25) is 4.79 Å². The summed E-state index contributed by atoms with van der Waals surface area (Å²) in [7, 11) is 0. The first-order valence-corrected chi connectivity index (χ1v) is 4.61. The van der Waals surface area contributed by atoms with E-state index in [0.717, 1.165) is 0 Å². The Morgan fingerprint density at radius 1 is 1.57 bits per heavy atom. The Balaban J connectivity index is 4.31. The lowest BCUT2D eigenvalue weighted by molar-refractivity contribution is -0.144. The van der Waals surface area contributed by atoms with Gasteiger partial charge in [0, 0.05) is 5.75 Å². The Kier molecular flexibility index (Phi) is 5.51. The zero-order valence-corrected chi connectivity index (χ0v) is 8.57. The minimum atomic E-state index is -1.34. The first-order valence-electron chi connectivity index (χ1n) is 3.97. The fraction of sp³-hybridized carbons (Fsp3) is 0.714. The molecule has 0 bridgehead atoms. The van der Waals surface area contributed by atoms with Crippen molar-refractivity contribution in [1.82, 2.24) is 5.32 Å². The second-order valence-corrected chi connectivity index (χ2v) is 3.22. The molecule has 0 saturated carbocycles. The van der Waals surface area contributed by atoms with Gasteiger partial charge in [0.2, 0.25) is 5.91 Å². The molecule has 82 valence electrons. The predicted octanol–water partition coefficient (Wildman–Crippen LogP) is -1.81. The number of hydrogen-bond acceptors (Lipinski definition) is 5. The first-order chi connectivity index (χ1) is 6.40. The van der Waals surface area contributed by atoms with E-state index in [4.69, 9.17) is 15.9 Å². The number of carboxylic acid groups (broad SMARTS) is 1. The summed E-state index contributed by atoms with van der Waals surface area (Å²) in [5.74, 6) is -1.84. The third kappa shape index (κ3) is 3.95. The maximum absolute atomic E-state index is 11.1. The highest BCUT2D eigenvalue weighted by Crippen LogP contribution is 1.94. The van der Waals surface area contributed by atoms with Crippen LogP contribution in [0.5, 0.6) is 0 Å². The zero-order chi connectivity index (χ0) is 11.3. The molecule has 5 N–H and O–H groups in total. The third-order valence-electron chi connectivity index (χ3n) is 1.58. The van der Waals surface area contributed by atoms with Gasteiger partial charge in [-0.05, 0) is 6.92 Å². The molecule has 0 spiro atoms. The minimum absolute atomic E-state index is 0.109. The summed E-state index contributed by atoms with van der Waals surface area (Å²) in [6.07, 6.45) is -1.18. The molecular weight excluding hydrogens is 208 g/mol. The maximum Gasteiger partial charge on any atom is 0.328 e. The van der Waals surface area contributed by atoms with Crippen LogP contribution in [-0.4, -0.2) is 46.0 Å². The molecule has 0 radical (unpaired) electrons. The maximum atomic E-state index is 11.1. The number of carbonyl (C=O) groups excluding carboxylic acids is 1. The van der Waals surface area contributed by atoms with Crippen LogP contribution in [0.2, 0.25) is 0 Å². The van der Waals surface area contributed by atoms with Crippen LogP contribution in [0.15, 0.2) is 0 Å². The Morgan fingerprint density at radius 2 is 2.07 bits per heavy atom. The van der Waals surface area contributed by atoms with Gasteiger partial charge in [-0.2, -0.15) is 12.6 Å². The van der Waals surface area contributed by atoms with Gasteiger partial charge in [-0.1, -0.05) is 0 Å². The number of carbonyl (C=O) groups is 2. The molecule has 0 aromatic heterocycles. The fourth-order valence-corrected chi connectivity index (χ4v) is 0.898. The van der Waals surface area contributed by atoms with Crippen molar-refractivity contribution in [2.45, 2.75) is 25.1 Å². The van der Waals surface area contributed by atoms with E-state index in [9.17, 15) is 9.59 Å². The van der Waals surface area contributed by atoms with E-state index in [0.29, 0.717) is 0 Å². The van der Waals surface area contributed by atoms with Crippen molar-refractivity contribution in [3.05, 3.63) is 0 Å². The van der Waals surface area contributed by atoms with Crippen LogP contribution in [-0.2, 0) is 9.59 Å². The number of aliphatic hydroxyl groups is 1. The highest BCUT2D eigenvalue weighted by molar-refractivity contribution is 7.80. The average molecular weight is 222 g/mol. The van der Waals surface area contributed by atoms with E-state index in [-0.39, 0.29) is 5.75 Å². The summed E-state index contributed by atoms with van der Waals surface area (Å²) in [4.78, 5) is 21.7. The van der Waals surface area contributed by atoms with Crippen LogP contribution in [0.4, 0.5) is 0 Å². The fourth-order valence-electron chi connectivity index (χ4n) is 0.732. The van der Waals surface area contributed by atoms with Gasteiger partial charge in [0.1, 0.15) is 0 Å². The van der Waals surface area contributed by atoms with E-state index in [2.05, 4.69) is 17.9 Å². The highest BCUT2D eigenvalue weighted by Gasteiger charge is 2.26. The molecule has 0 aliphatic carbocycles. The molecule has 3 atom stereocenters. The van der Waals surface area contributed by atoms with Crippen LogP contribution in [0, 0.1) is 0 Å². The second kappa shape index (κ2) is 5.84. The van der Waals surface area contributed by atoms with Crippen molar-refractivity contribution in [2.75, 3.05) is 5.75 Å². The van der Waals surface area contributed by atoms with Gasteiger partial charge in [-0.15, -0.1) is 0 Å². The number of thiol groups is 1. The van der Waals surface area contributed by atoms with Crippen LogP contribution in [0.3, 0.4) is 0 Å². The van der Waals surface area contributed by atoms with Crippen LogP contribution < -0.4 is 11.1 Å². The molecule has 1 amide bonds. The molecule has 14 heavy (non-hydrogen) atoms. The molecule has 0 heterocycles. The van der Waals surface area contributed by atoms with Crippen LogP contribution >= 0.6 is 12.6 Å². The Bertz CT molecular complexity index is 222. The number of aliphatic hydroxyl groups excluding tert-OH is 1. The summed E-state index contributed by atoms with van der Waals surface area (Å²) in [5.41, 5.74) is 5.30. The second-order valence-electron chi connectivity index (χ2n) is 2.85. The number of nitrogens with two attached hydrogens (primary N) is 1. The standard InChI is InChI=1S/C7H14N2O4S/c1-3(10)5(7(12)13)9-6(11)4(8)2-14/h3-5,10,14H,2,8H2,1H3,(H,9,11)(H,12,13)/t3-,4-,5+/m1/s1. The monoisotopic (exact) mass is 222 g/mol. The normalized spacial score (nSPS) is 16.9. The van der Waals surface area contributed by atoms with Crippen molar-refractivity contribution in [2.24, 2.45) is 5.73 Å². The zero-order valence-electron chi connectivity index (χ0n) is 7.67. The Morgan fingerprint density at radius 3 is 2.36 bits per heavy atom. The molecule has 0 unspecified atom stereocenters. The van der Waals surface area contributed by atoms with E-state index < -0.39 is 30.1 Å². The van der Waals surface area contributed by atoms with Gasteiger partial charge in [-0.25, -0.2) is 4.79 Å². The van der Waals surface area contributed by atoms with Crippen molar-refractivity contribution in [3.8, 4) is 0 Å². The molecule has 0 aromatic rings. The molecule has 0 saturated heterocycles. The van der Waals surface area contributed by atoms with Crippen molar-refractivity contribution in [1.29, 1.82) is 0 Å². The molecule has 0 aromatic carbocycles. The van der Waals surface area contributed by atoms with Crippen LogP contribution in [0.1, 0.15) is 6.92 Å². The number of carboxylic acids is 1. The lowest BCUT2D eigenvalue weighted by Crippen LogP contribution is -2.53. The lowest BCUT2D eigenvalue weighted by Gasteiger charge is -2.18. The Labute approximate surface area is 86.9 Å². The molecule has 0 aliphatic rings. The van der Waals surface area contributed by atoms with Gasteiger partial charge in [0.15, 0.2) is 6.04 Å². The van der Waals surface area contributed by atoms with Crippen molar-refractivity contribution < 1.29 is 19.8 Å². The molecule has 0 rings (SSSR count). The molecular formula is C7H14N2O4S. The summed E-state index contributed by atoms with van der Waals surface area (Å²) in [6, 6.07) is -2.22. The van der Waals surface area contributed by atoms with E-state index in [1.54, 1.807) is 0 Å². The topological polar surface area (TPSA) is 113 Å². The van der Waals surface area contributed by atoms with Gasteiger partial charge >= 0.3 is 5.97 Å². The number of hydrogen-bond donors (Lipinski definition) is 5. The van der Waals surface area contributed by atoms with E-state index in [1.165, 1.54) is 6.92 Å². The number of rotatable bonds is 5. The van der Waals surface area contributed by atoms with Crippen molar-refractivity contribution in [3.63, 3.8) is 0 Å². The third-order valence-corrected chi connectivity index (χ3v) is 1.97. The number of nitrogens with one attached hydrogen (secondary N) is 1. The SMILES string of the molecule is C[C@@H](O)[C@H](NC(=O)[C@H](N)CS)C(=O)O. The summed E-state index contributed by atoms with van der Waals surface area (Å²) < 4.78 is 0. The van der Waals surface area contributed by atoms with E-state index >= 15 is 0 Å². The van der Waals surface area contributed by atoms with Crippen molar-refractivity contribution >= 4 is 24.5 Å². The van der Waals surface area contributed by atoms with E-state index in [1.807, 2.05) is 0 Å². The number of aliphatic carboxylic acids is 1.